The molecular formula is C16H18N2O2. The van der Waals surface area contributed by atoms with E-state index in [2.05, 4.69) is 0 Å². The Morgan fingerprint density at radius 1 is 1.05 bits per heavy atom. The Hall–Kier alpha value is -2.62. The van der Waals surface area contributed by atoms with Crippen LogP contribution < -0.4 is 16.2 Å². The first-order valence-corrected chi connectivity index (χ1v) is 6.39. The minimum absolute atomic E-state index is 0.0976. The summed E-state index contributed by atoms with van der Waals surface area (Å²) in [6.07, 6.45) is 4.64. The van der Waals surface area contributed by atoms with Crippen molar-refractivity contribution in [1.82, 2.24) is 0 Å². The number of nitrogens with two attached hydrogens (primary N) is 2. The second-order valence-electron chi connectivity index (χ2n) is 4.40. The Labute approximate surface area is 118 Å². The maximum atomic E-state index is 9.48. The molecule has 0 aromatic heterocycles. The van der Waals surface area contributed by atoms with Gasteiger partial charge in [0.1, 0.15) is 11.5 Å². The largest absolute Gasteiger partial charge is 0.506 e. The Bertz CT molecular complexity index is 609. The van der Waals surface area contributed by atoms with E-state index in [4.69, 9.17) is 16.2 Å². The lowest BCUT2D eigenvalue weighted by molar-refractivity contribution is 0.327. The number of aromatic hydroxyl groups is 1. The molecule has 4 heteroatoms. The number of ether oxygens (including phenoxy) is 1. The summed E-state index contributed by atoms with van der Waals surface area (Å²) >= 11 is 0. The molecule has 0 atom stereocenters. The third kappa shape index (κ3) is 3.68. The van der Waals surface area contributed by atoms with Gasteiger partial charge < -0.3 is 21.3 Å². The van der Waals surface area contributed by atoms with E-state index in [1.54, 1.807) is 12.1 Å². The normalized spacial score (nSPS) is 10.8. The maximum absolute atomic E-state index is 9.48. The van der Waals surface area contributed by atoms with Gasteiger partial charge in [-0.2, -0.15) is 0 Å². The quantitative estimate of drug-likeness (QED) is 0.443. The molecule has 2 rings (SSSR count). The second-order valence-corrected chi connectivity index (χ2v) is 4.40. The summed E-state index contributed by atoms with van der Waals surface area (Å²) in [4.78, 5) is 0. The van der Waals surface area contributed by atoms with Gasteiger partial charge in [0.25, 0.3) is 0 Å². The van der Waals surface area contributed by atoms with Crippen molar-refractivity contribution in [3.8, 4) is 11.5 Å². The van der Waals surface area contributed by atoms with Crippen LogP contribution in [0.3, 0.4) is 0 Å². The van der Waals surface area contributed by atoms with E-state index in [0.29, 0.717) is 23.7 Å². The summed E-state index contributed by atoms with van der Waals surface area (Å²) in [5, 5.41) is 9.48. The lowest BCUT2D eigenvalue weighted by Crippen LogP contribution is -1.98. The lowest BCUT2D eigenvalue weighted by Gasteiger charge is -2.06. The van der Waals surface area contributed by atoms with Gasteiger partial charge in [-0.1, -0.05) is 30.4 Å². The number of nitrogen functional groups attached to an aromatic ring is 2. The van der Waals surface area contributed by atoms with Crippen LogP contribution >= 0.6 is 0 Å². The van der Waals surface area contributed by atoms with E-state index < -0.39 is 0 Å². The van der Waals surface area contributed by atoms with Gasteiger partial charge in [0.05, 0.1) is 18.0 Å². The minimum atomic E-state index is 0.0976. The van der Waals surface area contributed by atoms with Crippen LogP contribution in [0.1, 0.15) is 12.0 Å². The van der Waals surface area contributed by atoms with Gasteiger partial charge in [-0.05, 0) is 36.2 Å². The highest BCUT2D eigenvalue weighted by atomic mass is 16.5. The molecule has 2 aromatic rings. The number of anilines is 2. The van der Waals surface area contributed by atoms with Gasteiger partial charge in [-0.15, -0.1) is 0 Å². The number of para-hydroxylation sites is 2. The average Bonchev–Trinajstić information content (AvgIpc) is 2.44. The SMILES string of the molecule is Nc1ccc(C=CCCOc2ccccc2N)cc1O. The van der Waals surface area contributed by atoms with Crippen LogP contribution in [0.4, 0.5) is 11.4 Å². The van der Waals surface area contributed by atoms with Gasteiger partial charge >= 0.3 is 0 Å². The number of hydrogen-bond donors (Lipinski definition) is 3. The van der Waals surface area contributed by atoms with Crippen LogP contribution in [-0.2, 0) is 0 Å². The van der Waals surface area contributed by atoms with Crippen molar-refractivity contribution in [3.05, 3.63) is 54.1 Å². The highest BCUT2D eigenvalue weighted by molar-refractivity contribution is 5.60. The fourth-order valence-corrected chi connectivity index (χ4v) is 1.73. The van der Waals surface area contributed by atoms with E-state index in [0.717, 1.165) is 12.0 Å². The molecule has 2 aromatic carbocycles. The van der Waals surface area contributed by atoms with Crippen LogP contribution in [0, 0.1) is 0 Å². The van der Waals surface area contributed by atoms with Crippen LogP contribution in [0.15, 0.2) is 48.5 Å². The molecule has 0 fully saturated rings. The zero-order valence-electron chi connectivity index (χ0n) is 11.1. The standard InChI is InChI=1S/C16H18N2O2/c17-13-9-8-12(11-15(13)19)5-3-4-10-20-16-7-2-1-6-14(16)18/h1-3,5-9,11,19H,4,10,17-18H2. The topological polar surface area (TPSA) is 81.5 Å². The van der Waals surface area contributed by atoms with Crippen molar-refractivity contribution < 1.29 is 9.84 Å². The molecule has 0 aliphatic carbocycles. The summed E-state index contributed by atoms with van der Waals surface area (Å²) in [7, 11) is 0. The monoisotopic (exact) mass is 270 g/mol. The molecule has 0 unspecified atom stereocenters. The maximum Gasteiger partial charge on any atom is 0.142 e. The molecule has 0 aliphatic heterocycles. The molecule has 20 heavy (non-hydrogen) atoms. The summed E-state index contributed by atoms with van der Waals surface area (Å²) in [5.41, 5.74) is 13.2. The number of rotatable bonds is 5. The highest BCUT2D eigenvalue weighted by Gasteiger charge is 1.97. The van der Waals surface area contributed by atoms with E-state index in [1.165, 1.54) is 0 Å². The predicted octanol–water partition coefficient (Wildman–Crippen LogP) is 3.04. The van der Waals surface area contributed by atoms with Crippen molar-refractivity contribution >= 4 is 17.5 Å². The van der Waals surface area contributed by atoms with Gasteiger partial charge in [0.2, 0.25) is 0 Å². The van der Waals surface area contributed by atoms with Crippen LogP contribution in [-0.4, -0.2) is 11.7 Å². The predicted molar refractivity (Wildman–Crippen MR) is 82.5 cm³/mol. The average molecular weight is 270 g/mol. The van der Waals surface area contributed by atoms with Gasteiger partial charge in [-0.3, -0.25) is 0 Å². The van der Waals surface area contributed by atoms with E-state index in [-0.39, 0.29) is 5.75 Å². The Balaban J connectivity index is 1.82. The molecule has 0 radical (unpaired) electrons. The molecule has 104 valence electrons. The van der Waals surface area contributed by atoms with E-state index in [1.807, 2.05) is 42.5 Å². The van der Waals surface area contributed by atoms with Gasteiger partial charge in [-0.25, -0.2) is 0 Å². The van der Waals surface area contributed by atoms with Crippen molar-refractivity contribution in [2.24, 2.45) is 0 Å². The zero-order valence-corrected chi connectivity index (χ0v) is 11.1. The second kappa shape index (κ2) is 6.52. The first kappa shape index (κ1) is 13.8. The lowest BCUT2D eigenvalue weighted by atomic mass is 10.1. The molecule has 0 saturated heterocycles. The molecule has 4 nitrogen and oxygen atoms in total. The highest BCUT2D eigenvalue weighted by Crippen LogP contribution is 2.22. The molecule has 0 aliphatic rings. The number of benzene rings is 2. The minimum Gasteiger partial charge on any atom is -0.506 e. The third-order valence-corrected chi connectivity index (χ3v) is 2.83. The zero-order chi connectivity index (χ0) is 14.4. The summed E-state index contributed by atoms with van der Waals surface area (Å²) < 4.78 is 5.57. The Morgan fingerprint density at radius 2 is 1.85 bits per heavy atom. The number of phenols is 1. The van der Waals surface area contributed by atoms with Crippen molar-refractivity contribution in [2.75, 3.05) is 18.1 Å². The third-order valence-electron chi connectivity index (χ3n) is 2.83. The molecule has 0 heterocycles. The van der Waals surface area contributed by atoms with Crippen LogP contribution in [0.2, 0.25) is 0 Å². The van der Waals surface area contributed by atoms with Crippen molar-refractivity contribution in [1.29, 1.82) is 0 Å². The molecule has 0 amide bonds. The first-order chi connectivity index (χ1) is 9.66. The van der Waals surface area contributed by atoms with Crippen LogP contribution in [0.5, 0.6) is 11.5 Å². The fourth-order valence-electron chi connectivity index (χ4n) is 1.73. The Kier molecular flexibility index (Phi) is 4.50. The Morgan fingerprint density at radius 3 is 2.60 bits per heavy atom. The summed E-state index contributed by atoms with van der Waals surface area (Å²) in [6.45, 7) is 0.547. The van der Waals surface area contributed by atoms with E-state index >= 15 is 0 Å². The summed E-state index contributed by atoms with van der Waals surface area (Å²) in [5.74, 6) is 0.798. The van der Waals surface area contributed by atoms with E-state index in [9.17, 15) is 5.11 Å². The molecule has 0 saturated carbocycles. The van der Waals surface area contributed by atoms with Crippen LogP contribution in [0.25, 0.3) is 6.08 Å². The van der Waals surface area contributed by atoms with Gasteiger partial charge in [0, 0.05) is 0 Å². The van der Waals surface area contributed by atoms with Crippen molar-refractivity contribution in [3.63, 3.8) is 0 Å². The number of phenolic OH excluding ortho intramolecular Hbond substituents is 1. The molecule has 0 spiro atoms. The van der Waals surface area contributed by atoms with Gasteiger partial charge in [0.15, 0.2) is 0 Å². The molecule has 0 bridgehead atoms. The summed E-state index contributed by atoms with van der Waals surface area (Å²) in [6, 6.07) is 12.6. The smallest absolute Gasteiger partial charge is 0.142 e. The molecule has 5 N–H and O–H groups in total. The van der Waals surface area contributed by atoms with Crippen molar-refractivity contribution in [2.45, 2.75) is 6.42 Å². The molecular weight excluding hydrogens is 252 g/mol. The number of hydrogen-bond acceptors (Lipinski definition) is 4. The fraction of sp³-hybridized carbons (Fsp3) is 0.125. The first-order valence-electron chi connectivity index (χ1n) is 6.39.